The van der Waals surface area contributed by atoms with Crippen molar-refractivity contribution >= 4 is 17.5 Å². The summed E-state index contributed by atoms with van der Waals surface area (Å²) in [5.74, 6) is -0.354. The minimum Gasteiger partial charge on any atom is -0.348 e. The number of rotatable bonds is 4. The highest BCUT2D eigenvalue weighted by Gasteiger charge is 2.09. The van der Waals surface area contributed by atoms with Gasteiger partial charge >= 0.3 is 0 Å². The van der Waals surface area contributed by atoms with Crippen molar-refractivity contribution in [1.29, 1.82) is 0 Å². The average molecular weight is 270 g/mol. The molecule has 0 bridgehead atoms. The number of alkyl halides is 1. The van der Waals surface area contributed by atoms with Crippen molar-refractivity contribution in [2.24, 2.45) is 0 Å². The number of hydrogen-bond acceptors (Lipinski definition) is 4. The minimum absolute atomic E-state index is 0.127. The Morgan fingerprint density at radius 1 is 1.39 bits per heavy atom. The van der Waals surface area contributed by atoms with Crippen LogP contribution in [0.15, 0.2) is 24.3 Å². The van der Waals surface area contributed by atoms with E-state index in [0.717, 1.165) is 0 Å². The molecule has 0 saturated carbocycles. The zero-order chi connectivity index (χ0) is 13.0. The molecule has 0 fully saturated rings. The third-order valence-electron chi connectivity index (χ3n) is 2.17. The Balaban J connectivity index is 2.17. The van der Waals surface area contributed by atoms with Crippen LogP contribution >= 0.6 is 11.6 Å². The first-order valence-corrected chi connectivity index (χ1v) is 5.60. The second-order valence-electron chi connectivity index (χ2n) is 3.39. The molecule has 1 amide bonds. The Kier molecular flexibility index (Phi) is 3.83. The summed E-state index contributed by atoms with van der Waals surface area (Å²) in [6.45, 7) is 0.149. The monoisotopic (exact) mass is 269 g/mol. The SMILES string of the molecule is O=C(CCl)NCc1nnnn1-c1ccc(F)cc1. The topological polar surface area (TPSA) is 72.7 Å². The number of carbonyl (C=O) groups is 1. The van der Waals surface area contributed by atoms with Crippen molar-refractivity contribution in [1.82, 2.24) is 25.5 Å². The van der Waals surface area contributed by atoms with Gasteiger partial charge in [0.2, 0.25) is 5.91 Å². The van der Waals surface area contributed by atoms with Gasteiger partial charge in [0.1, 0.15) is 11.7 Å². The predicted octanol–water partition coefficient (Wildman–Crippen LogP) is 0.656. The van der Waals surface area contributed by atoms with E-state index in [1.807, 2.05) is 0 Å². The normalized spacial score (nSPS) is 10.3. The number of nitrogens with one attached hydrogen (secondary N) is 1. The molecule has 1 aromatic heterocycles. The largest absolute Gasteiger partial charge is 0.348 e. The molecule has 0 spiro atoms. The van der Waals surface area contributed by atoms with Gasteiger partial charge in [-0.1, -0.05) is 0 Å². The average Bonchev–Trinajstić information content (AvgIpc) is 2.85. The molecule has 1 heterocycles. The summed E-state index contributed by atoms with van der Waals surface area (Å²) in [7, 11) is 0. The van der Waals surface area contributed by atoms with Gasteiger partial charge in [0.25, 0.3) is 0 Å². The third kappa shape index (κ3) is 2.80. The second-order valence-corrected chi connectivity index (χ2v) is 3.66. The number of hydrogen-bond donors (Lipinski definition) is 1. The zero-order valence-corrected chi connectivity index (χ0v) is 9.93. The van der Waals surface area contributed by atoms with Crippen LogP contribution in [0.3, 0.4) is 0 Å². The quantitative estimate of drug-likeness (QED) is 0.828. The number of aromatic nitrogens is 4. The van der Waals surface area contributed by atoms with Gasteiger partial charge < -0.3 is 5.32 Å². The van der Waals surface area contributed by atoms with Crippen LogP contribution < -0.4 is 5.32 Å². The fraction of sp³-hybridized carbons (Fsp3) is 0.200. The highest BCUT2D eigenvalue weighted by Crippen LogP contribution is 2.08. The molecule has 0 saturated heterocycles. The first kappa shape index (κ1) is 12.4. The molecule has 2 aromatic rings. The molecular weight excluding hydrogens is 261 g/mol. The fourth-order valence-electron chi connectivity index (χ4n) is 1.32. The van der Waals surface area contributed by atoms with Gasteiger partial charge in [-0.25, -0.2) is 4.39 Å². The van der Waals surface area contributed by atoms with Crippen molar-refractivity contribution in [3.05, 3.63) is 35.9 Å². The maximum absolute atomic E-state index is 12.8. The third-order valence-corrected chi connectivity index (χ3v) is 2.41. The molecule has 0 aliphatic rings. The van der Waals surface area contributed by atoms with Gasteiger partial charge in [-0.3, -0.25) is 4.79 Å². The highest BCUT2D eigenvalue weighted by molar-refractivity contribution is 6.27. The summed E-state index contributed by atoms with van der Waals surface area (Å²) in [5.41, 5.74) is 0.608. The summed E-state index contributed by atoms with van der Waals surface area (Å²) >= 11 is 5.35. The molecule has 0 unspecified atom stereocenters. The van der Waals surface area contributed by atoms with Gasteiger partial charge in [-0.05, 0) is 34.7 Å². The van der Waals surface area contributed by atoms with Crippen molar-refractivity contribution < 1.29 is 9.18 Å². The first-order valence-electron chi connectivity index (χ1n) is 5.06. The smallest absolute Gasteiger partial charge is 0.235 e. The summed E-state index contributed by atoms with van der Waals surface area (Å²) in [5, 5.41) is 13.6. The maximum Gasteiger partial charge on any atom is 0.235 e. The molecule has 1 aromatic carbocycles. The standard InChI is InChI=1S/C10H9ClFN5O/c11-5-10(18)13-6-9-14-15-16-17(9)8-3-1-7(12)2-4-8/h1-4H,5-6H2,(H,13,18). The van der Waals surface area contributed by atoms with Gasteiger partial charge in [0.05, 0.1) is 12.2 Å². The van der Waals surface area contributed by atoms with Crippen LogP contribution in [0.2, 0.25) is 0 Å². The Hall–Kier alpha value is -2.02. The summed E-state index contributed by atoms with van der Waals surface area (Å²) in [6.07, 6.45) is 0. The van der Waals surface area contributed by atoms with Crippen LogP contribution in [0.5, 0.6) is 0 Å². The van der Waals surface area contributed by atoms with Crippen LogP contribution in [0.25, 0.3) is 5.69 Å². The number of tetrazole rings is 1. The molecule has 1 N–H and O–H groups in total. The van der Waals surface area contributed by atoms with Crippen molar-refractivity contribution in [2.75, 3.05) is 5.88 Å². The molecular formula is C10H9ClFN5O. The lowest BCUT2D eigenvalue weighted by molar-refractivity contribution is -0.118. The van der Waals surface area contributed by atoms with Crippen molar-refractivity contribution in [3.63, 3.8) is 0 Å². The molecule has 0 aliphatic heterocycles. The van der Waals surface area contributed by atoms with E-state index in [-0.39, 0.29) is 24.1 Å². The second kappa shape index (κ2) is 5.54. The zero-order valence-electron chi connectivity index (χ0n) is 9.18. The summed E-state index contributed by atoms with van der Waals surface area (Å²) < 4.78 is 14.2. The summed E-state index contributed by atoms with van der Waals surface area (Å²) in [4.78, 5) is 11.0. The minimum atomic E-state index is -0.344. The molecule has 6 nitrogen and oxygen atoms in total. The van der Waals surface area contributed by atoms with Crippen LogP contribution in [-0.4, -0.2) is 32.0 Å². The number of benzene rings is 1. The number of amides is 1. The first-order chi connectivity index (χ1) is 8.70. The van der Waals surface area contributed by atoms with E-state index in [1.165, 1.54) is 16.8 Å². The van der Waals surface area contributed by atoms with E-state index in [1.54, 1.807) is 12.1 Å². The Labute approximate surface area is 107 Å². The molecule has 0 atom stereocenters. The van der Waals surface area contributed by atoms with Gasteiger partial charge in [-0.2, -0.15) is 4.68 Å². The van der Waals surface area contributed by atoms with E-state index in [0.29, 0.717) is 11.5 Å². The Bertz CT molecular complexity index is 541. The fourth-order valence-corrected chi connectivity index (χ4v) is 1.42. The van der Waals surface area contributed by atoms with Crippen molar-refractivity contribution in [3.8, 4) is 5.69 Å². The Morgan fingerprint density at radius 3 is 2.78 bits per heavy atom. The number of halogens is 2. The maximum atomic E-state index is 12.8. The van der Waals surface area contributed by atoms with E-state index in [2.05, 4.69) is 20.8 Å². The van der Waals surface area contributed by atoms with Gasteiger partial charge in [0, 0.05) is 0 Å². The lowest BCUT2D eigenvalue weighted by Gasteiger charge is -2.05. The van der Waals surface area contributed by atoms with E-state index in [4.69, 9.17) is 11.6 Å². The van der Waals surface area contributed by atoms with Crippen LogP contribution in [0.1, 0.15) is 5.82 Å². The lowest BCUT2D eigenvalue weighted by atomic mass is 10.3. The van der Waals surface area contributed by atoms with E-state index >= 15 is 0 Å². The predicted molar refractivity (Wildman–Crippen MR) is 61.7 cm³/mol. The highest BCUT2D eigenvalue weighted by atomic mass is 35.5. The molecule has 0 radical (unpaired) electrons. The van der Waals surface area contributed by atoms with E-state index in [9.17, 15) is 9.18 Å². The van der Waals surface area contributed by atoms with Crippen LogP contribution in [-0.2, 0) is 11.3 Å². The molecule has 0 aliphatic carbocycles. The van der Waals surface area contributed by atoms with Crippen molar-refractivity contribution in [2.45, 2.75) is 6.54 Å². The number of nitrogens with zero attached hydrogens (tertiary/aromatic N) is 4. The van der Waals surface area contributed by atoms with Crippen LogP contribution in [0, 0.1) is 5.82 Å². The number of carbonyl (C=O) groups excluding carboxylic acids is 1. The molecule has 2 rings (SSSR count). The van der Waals surface area contributed by atoms with E-state index < -0.39 is 0 Å². The molecule has 18 heavy (non-hydrogen) atoms. The molecule has 94 valence electrons. The van der Waals surface area contributed by atoms with Gasteiger partial charge in [0.15, 0.2) is 5.82 Å². The van der Waals surface area contributed by atoms with Crippen LogP contribution in [0.4, 0.5) is 4.39 Å². The molecule has 8 heteroatoms. The summed E-state index contributed by atoms with van der Waals surface area (Å²) in [6, 6.07) is 5.69. The van der Waals surface area contributed by atoms with Gasteiger partial charge in [-0.15, -0.1) is 16.7 Å². The lowest BCUT2D eigenvalue weighted by Crippen LogP contribution is -2.25. The Morgan fingerprint density at radius 2 is 2.11 bits per heavy atom.